The molecule has 1 rings (SSSR count). The minimum atomic E-state index is -0.0141. The molecular formula is C16H23NO2. The van der Waals surface area contributed by atoms with Crippen molar-refractivity contribution in [1.29, 1.82) is 0 Å². The summed E-state index contributed by atoms with van der Waals surface area (Å²) in [6, 6.07) is 9.95. The lowest BCUT2D eigenvalue weighted by molar-refractivity contribution is -0.130. The van der Waals surface area contributed by atoms with Crippen molar-refractivity contribution in [3.8, 4) is 0 Å². The molecule has 0 spiro atoms. The van der Waals surface area contributed by atoms with Gasteiger partial charge in [0.25, 0.3) is 0 Å². The van der Waals surface area contributed by atoms with Crippen molar-refractivity contribution in [2.75, 3.05) is 6.61 Å². The highest BCUT2D eigenvalue weighted by Crippen LogP contribution is 2.23. The zero-order valence-electron chi connectivity index (χ0n) is 11.9. The molecule has 0 aliphatic heterocycles. The Morgan fingerprint density at radius 1 is 1.32 bits per heavy atom. The molecule has 1 amide bonds. The van der Waals surface area contributed by atoms with Crippen LogP contribution in [0.25, 0.3) is 0 Å². The number of benzene rings is 1. The highest BCUT2D eigenvalue weighted by molar-refractivity contribution is 5.88. The molecule has 0 saturated carbocycles. The highest BCUT2D eigenvalue weighted by atomic mass is 16.3. The van der Waals surface area contributed by atoms with Crippen LogP contribution in [0.3, 0.4) is 0 Å². The molecule has 1 aromatic carbocycles. The van der Waals surface area contributed by atoms with E-state index >= 15 is 0 Å². The number of hydrogen-bond acceptors (Lipinski definition) is 2. The van der Waals surface area contributed by atoms with Gasteiger partial charge in [-0.2, -0.15) is 0 Å². The molecule has 3 heteroatoms. The summed E-state index contributed by atoms with van der Waals surface area (Å²) in [5.41, 5.74) is 1.10. The Hall–Kier alpha value is -1.61. The maximum atomic E-state index is 12.2. The molecule has 0 unspecified atom stereocenters. The van der Waals surface area contributed by atoms with Crippen molar-refractivity contribution in [3.05, 3.63) is 48.0 Å². The van der Waals surface area contributed by atoms with E-state index in [2.05, 4.69) is 0 Å². The van der Waals surface area contributed by atoms with Crippen LogP contribution in [0.4, 0.5) is 0 Å². The monoisotopic (exact) mass is 261 g/mol. The Kier molecular flexibility index (Phi) is 6.30. The molecule has 3 nitrogen and oxygen atoms in total. The van der Waals surface area contributed by atoms with Gasteiger partial charge in [0.15, 0.2) is 0 Å². The van der Waals surface area contributed by atoms with Crippen LogP contribution >= 0.6 is 0 Å². The molecule has 19 heavy (non-hydrogen) atoms. The fourth-order valence-electron chi connectivity index (χ4n) is 2.24. The van der Waals surface area contributed by atoms with Gasteiger partial charge in [-0.3, -0.25) is 4.79 Å². The predicted molar refractivity (Wildman–Crippen MR) is 77.7 cm³/mol. The quantitative estimate of drug-likeness (QED) is 0.800. The van der Waals surface area contributed by atoms with Crippen molar-refractivity contribution in [2.24, 2.45) is 0 Å². The summed E-state index contributed by atoms with van der Waals surface area (Å²) in [5.74, 6) is -0.0141. The SMILES string of the molecule is C/C=C/C(=O)N([C@@H](C)CCO)[C@@H](C)c1ccccc1. The largest absolute Gasteiger partial charge is 0.396 e. The second kappa shape index (κ2) is 7.74. The first-order valence-corrected chi connectivity index (χ1v) is 6.72. The van der Waals surface area contributed by atoms with Gasteiger partial charge in [0.2, 0.25) is 5.91 Å². The van der Waals surface area contributed by atoms with Gasteiger partial charge < -0.3 is 10.0 Å². The first kappa shape index (κ1) is 15.4. The summed E-state index contributed by atoms with van der Waals surface area (Å²) in [4.78, 5) is 14.1. The number of carbonyl (C=O) groups is 1. The average molecular weight is 261 g/mol. The van der Waals surface area contributed by atoms with E-state index in [9.17, 15) is 4.79 Å². The third-order valence-corrected chi connectivity index (χ3v) is 3.28. The molecule has 0 aromatic heterocycles. The van der Waals surface area contributed by atoms with Gasteiger partial charge in [0, 0.05) is 12.6 Å². The Balaban J connectivity index is 2.98. The standard InChI is InChI=1S/C16H23NO2/c1-4-8-16(19)17(13(2)11-12-18)14(3)15-9-6-5-7-10-15/h4-10,13-14,18H,11-12H2,1-3H3/b8-4+/t13-,14-/m0/s1. The zero-order chi connectivity index (χ0) is 14.3. The molecule has 1 N–H and O–H groups in total. The molecule has 0 saturated heterocycles. The molecule has 0 bridgehead atoms. The number of rotatable bonds is 6. The second-order valence-electron chi connectivity index (χ2n) is 4.69. The topological polar surface area (TPSA) is 40.5 Å². The first-order chi connectivity index (χ1) is 9.11. The molecular weight excluding hydrogens is 238 g/mol. The lowest BCUT2D eigenvalue weighted by Gasteiger charge is -2.34. The summed E-state index contributed by atoms with van der Waals surface area (Å²) in [7, 11) is 0. The van der Waals surface area contributed by atoms with E-state index in [0.717, 1.165) is 5.56 Å². The van der Waals surface area contributed by atoms with Gasteiger partial charge in [-0.15, -0.1) is 0 Å². The van der Waals surface area contributed by atoms with E-state index in [0.29, 0.717) is 6.42 Å². The number of aliphatic hydroxyl groups excluding tert-OH is 1. The van der Waals surface area contributed by atoms with Crippen molar-refractivity contribution in [3.63, 3.8) is 0 Å². The number of aliphatic hydroxyl groups is 1. The summed E-state index contributed by atoms with van der Waals surface area (Å²) in [6.45, 7) is 5.91. The molecule has 0 radical (unpaired) electrons. The third kappa shape index (κ3) is 4.21. The van der Waals surface area contributed by atoms with E-state index in [1.165, 1.54) is 0 Å². The van der Waals surface area contributed by atoms with Crippen LogP contribution in [0.5, 0.6) is 0 Å². The lowest BCUT2D eigenvalue weighted by Crippen LogP contribution is -2.40. The van der Waals surface area contributed by atoms with E-state index in [-0.39, 0.29) is 24.6 Å². The van der Waals surface area contributed by atoms with Crippen LogP contribution in [-0.4, -0.2) is 28.6 Å². The molecule has 1 aromatic rings. The molecule has 0 fully saturated rings. The number of amides is 1. The third-order valence-electron chi connectivity index (χ3n) is 3.28. The van der Waals surface area contributed by atoms with Crippen LogP contribution < -0.4 is 0 Å². The Bertz CT molecular complexity index is 414. The smallest absolute Gasteiger partial charge is 0.246 e. The predicted octanol–water partition coefficient (Wildman–Crippen LogP) is 2.92. The average Bonchev–Trinajstić information content (AvgIpc) is 2.40. The minimum Gasteiger partial charge on any atom is -0.396 e. The normalized spacial score (nSPS) is 14.3. The maximum absolute atomic E-state index is 12.2. The Morgan fingerprint density at radius 2 is 1.95 bits per heavy atom. The van der Waals surface area contributed by atoms with Gasteiger partial charge in [-0.25, -0.2) is 0 Å². The van der Waals surface area contributed by atoms with E-state index < -0.39 is 0 Å². The van der Waals surface area contributed by atoms with Crippen LogP contribution in [0.15, 0.2) is 42.5 Å². The van der Waals surface area contributed by atoms with Gasteiger partial charge >= 0.3 is 0 Å². The van der Waals surface area contributed by atoms with Crippen molar-refractivity contribution < 1.29 is 9.90 Å². The van der Waals surface area contributed by atoms with E-state index in [4.69, 9.17) is 5.11 Å². The van der Waals surface area contributed by atoms with Crippen LogP contribution in [0.2, 0.25) is 0 Å². The zero-order valence-corrected chi connectivity index (χ0v) is 11.9. The first-order valence-electron chi connectivity index (χ1n) is 6.72. The van der Waals surface area contributed by atoms with Crippen molar-refractivity contribution in [2.45, 2.75) is 39.3 Å². The van der Waals surface area contributed by atoms with Gasteiger partial charge in [-0.05, 0) is 38.8 Å². The van der Waals surface area contributed by atoms with Crippen LogP contribution in [0.1, 0.15) is 38.8 Å². The number of allylic oxidation sites excluding steroid dienone is 1. The molecule has 0 aliphatic carbocycles. The van der Waals surface area contributed by atoms with Crippen molar-refractivity contribution >= 4 is 5.91 Å². The Labute approximate surface area is 115 Å². The molecule has 2 atom stereocenters. The van der Waals surface area contributed by atoms with Gasteiger partial charge in [0.1, 0.15) is 0 Å². The summed E-state index contributed by atoms with van der Waals surface area (Å²) in [6.07, 6.45) is 3.91. The lowest BCUT2D eigenvalue weighted by atomic mass is 10.0. The summed E-state index contributed by atoms with van der Waals surface area (Å²) >= 11 is 0. The fourth-order valence-corrected chi connectivity index (χ4v) is 2.24. The summed E-state index contributed by atoms with van der Waals surface area (Å²) < 4.78 is 0. The van der Waals surface area contributed by atoms with Gasteiger partial charge in [-0.1, -0.05) is 36.4 Å². The highest BCUT2D eigenvalue weighted by Gasteiger charge is 2.24. The number of nitrogens with zero attached hydrogens (tertiary/aromatic N) is 1. The number of hydrogen-bond donors (Lipinski definition) is 1. The van der Waals surface area contributed by atoms with E-state index in [1.54, 1.807) is 12.2 Å². The van der Waals surface area contributed by atoms with Crippen LogP contribution in [-0.2, 0) is 4.79 Å². The van der Waals surface area contributed by atoms with E-state index in [1.807, 2.05) is 56.0 Å². The minimum absolute atomic E-state index is 0.00362. The Morgan fingerprint density at radius 3 is 2.47 bits per heavy atom. The van der Waals surface area contributed by atoms with Crippen LogP contribution in [0, 0.1) is 0 Å². The molecule has 0 aliphatic rings. The fraction of sp³-hybridized carbons (Fsp3) is 0.438. The maximum Gasteiger partial charge on any atom is 0.246 e. The van der Waals surface area contributed by atoms with Gasteiger partial charge in [0.05, 0.1) is 6.04 Å². The summed E-state index contributed by atoms with van der Waals surface area (Å²) in [5, 5.41) is 9.09. The second-order valence-corrected chi connectivity index (χ2v) is 4.69. The number of carbonyl (C=O) groups excluding carboxylic acids is 1. The molecule has 104 valence electrons. The van der Waals surface area contributed by atoms with Crippen molar-refractivity contribution in [1.82, 2.24) is 4.90 Å². The molecule has 0 heterocycles.